The van der Waals surface area contributed by atoms with Gasteiger partial charge in [0.1, 0.15) is 0 Å². The molecule has 0 aromatic heterocycles. The SMILES string of the molecule is CSc1ccc(C)c2c1CCC2. The van der Waals surface area contributed by atoms with Crippen LogP contribution in [0.15, 0.2) is 17.0 Å². The van der Waals surface area contributed by atoms with E-state index in [9.17, 15) is 0 Å². The third-order valence-electron chi connectivity index (χ3n) is 2.70. The summed E-state index contributed by atoms with van der Waals surface area (Å²) in [6, 6.07) is 4.53. The molecule has 0 amide bonds. The second kappa shape index (κ2) is 3.14. The molecule has 0 atom stereocenters. The van der Waals surface area contributed by atoms with E-state index in [4.69, 9.17) is 0 Å². The molecule has 0 unspecified atom stereocenters. The molecule has 12 heavy (non-hydrogen) atoms. The highest BCUT2D eigenvalue weighted by molar-refractivity contribution is 7.98. The van der Waals surface area contributed by atoms with E-state index in [2.05, 4.69) is 25.3 Å². The highest BCUT2D eigenvalue weighted by Gasteiger charge is 2.15. The molecule has 1 aromatic carbocycles. The lowest BCUT2D eigenvalue weighted by Gasteiger charge is -2.07. The Morgan fingerprint density at radius 3 is 2.67 bits per heavy atom. The molecule has 2 rings (SSSR count). The van der Waals surface area contributed by atoms with E-state index in [-0.39, 0.29) is 0 Å². The summed E-state index contributed by atoms with van der Waals surface area (Å²) in [4.78, 5) is 1.49. The standard InChI is InChI=1S/C11H14S/c1-8-6-7-11(12-2)10-5-3-4-9(8)10/h6-7H,3-5H2,1-2H3. The van der Waals surface area contributed by atoms with Gasteiger partial charge >= 0.3 is 0 Å². The van der Waals surface area contributed by atoms with Crippen LogP contribution in [0.4, 0.5) is 0 Å². The van der Waals surface area contributed by atoms with Crippen molar-refractivity contribution in [3.8, 4) is 0 Å². The van der Waals surface area contributed by atoms with E-state index in [1.54, 1.807) is 11.1 Å². The summed E-state index contributed by atoms with van der Waals surface area (Å²) >= 11 is 1.88. The lowest BCUT2D eigenvalue weighted by molar-refractivity contribution is 0.904. The van der Waals surface area contributed by atoms with Crippen molar-refractivity contribution in [2.75, 3.05) is 6.26 Å². The zero-order chi connectivity index (χ0) is 8.55. The van der Waals surface area contributed by atoms with Crippen molar-refractivity contribution in [3.05, 3.63) is 28.8 Å². The number of fused-ring (bicyclic) bond motifs is 1. The van der Waals surface area contributed by atoms with Gasteiger partial charge in [-0.2, -0.15) is 0 Å². The molecule has 0 aliphatic heterocycles. The van der Waals surface area contributed by atoms with Gasteiger partial charge in [0.05, 0.1) is 0 Å². The lowest BCUT2D eigenvalue weighted by atomic mass is 10.1. The van der Waals surface area contributed by atoms with Crippen LogP contribution in [-0.4, -0.2) is 6.26 Å². The van der Waals surface area contributed by atoms with Crippen LogP contribution < -0.4 is 0 Å². The van der Waals surface area contributed by atoms with Crippen LogP contribution in [0.3, 0.4) is 0 Å². The highest BCUT2D eigenvalue weighted by Crippen LogP contribution is 2.32. The quantitative estimate of drug-likeness (QED) is 0.595. The number of hydrogen-bond donors (Lipinski definition) is 0. The molecule has 0 fully saturated rings. The van der Waals surface area contributed by atoms with Crippen molar-refractivity contribution in [2.24, 2.45) is 0 Å². The van der Waals surface area contributed by atoms with Gasteiger partial charge in [0.2, 0.25) is 0 Å². The first-order chi connectivity index (χ1) is 5.83. The van der Waals surface area contributed by atoms with E-state index in [1.165, 1.54) is 29.7 Å². The molecule has 0 spiro atoms. The molecule has 1 aliphatic carbocycles. The van der Waals surface area contributed by atoms with Crippen LogP contribution in [0.5, 0.6) is 0 Å². The number of rotatable bonds is 1. The fourth-order valence-electron chi connectivity index (χ4n) is 2.04. The fraction of sp³-hybridized carbons (Fsp3) is 0.455. The van der Waals surface area contributed by atoms with E-state index in [1.807, 2.05) is 11.8 Å². The molecule has 0 heterocycles. The molecule has 0 bridgehead atoms. The molecule has 1 heteroatoms. The average Bonchev–Trinajstić information content (AvgIpc) is 2.54. The van der Waals surface area contributed by atoms with Gasteiger partial charge in [0.25, 0.3) is 0 Å². The van der Waals surface area contributed by atoms with Gasteiger partial charge in [-0.05, 0) is 55.2 Å². The van der Waals surface area contributed by atoms with E-state index in [0.29, 0.717) is 0 Å². The number of hydrogen-bond acceptors (Lipinski definition) is 1. The van der Waals surface area contributed by atoms with E-state index < -0.39 is 0 Å². The molecule has 0 saturated carbocycles. The Bertz CT molecular complexity index is 302. The summed E-state index contributed by atoms with van der Waals surface area (Å²) in [5, 5.41) is 0. The van der Waals surface area contributed by atoms with Crippen molar-refractivity contribution >= 4 is 11.8 Å². The maximum atomic E-state index is 2.27. The number of benzene rings is 1. The van der Waals surface area contributed by atoms with Crippen LogP contribution in [0.2, 0.25) is 0 Å². The second-order valence-corrected chi connectivity index (χ2v) is 4.24. The molecule has 64 valence electrons. The van der Waals surface area contributed by atoms with Crippen molar-refractivity contribution < 1.29 is 0 Å². The summed E-state index contributed by atoms with van der Waals surface area (Å²) in [6.45, 7) is 2.23. The smallest absolute Gasteiger partial charge is 0.0104 e. The molecule has 0 saturated heterocycles. The molecule has 0 nitrogen and oxygen atoms in total. The number of aryl methyl sites for hydroxylation is 1. The molecule has 0 N–H and O–H groups in total. The van der Waals surface area contributed by atoms with E-state index in [0.717, 1.165) is 0 Å². The maximum absolute atomic E-state index is 2.27. The zero-order valence-corrected chi connectivity index (χ0v) is 8.50. The summed E-state index contributed by atoms with van der Waals surface area (Å²) in [7, 11) is 0. The normalized spacial score (nSPS) is 14.8. The summed E-state index contributed by atoms with van der Waals surface area (Å²) in [6.07, 6.45) is 6.12. The average molecular weight is 178 g/mol. The predicted octanol–water partition coefficient (Wildman–Crippen LogP) is 3.21. The third kappa shape index (κ3) is 1.16. The monoisotopic (exact) mass is 178 g/mol. The van der Waals surface area contributed by atoms with E-state index >= 15 is 0 Å². The van der Waals surface area contributed by atoms with Crippen molar-refractivity contribution in [3.63, 3.8) is 0 Å². The van der Waals surface area contributed by atoms with Gasteiger partial charge < -0.3 is 0 Å². The van der Waals surface area contributed by atoms with Crippen molar-refractivity contribution in [2.45, 2.75) is 31.1 Å². The summed E-state index contributed by atoms with van der Waals surface area (Å²) in [5.41, 5.74) is 4.74. The second-order valence-electron chi connectivity index (χ2n) is 3.40. The van der Waals surface area contributed by atoms with Crippen molar-refractivity contribution in [1.82, 2.24) is 0 Å². The van der Waals surface area contributed by atoms with Gasteiger partial charge in [-0.15, -0.1) is 11.8 Å². The van der Waals surface area contributed by atoms with Crippen LogP contribution >= 0.6 is 11.8 Å². The number of thioether (sulfide) groups is 1. The Labute approximate surface area is 78.4 Å². The van der Waals surface area contributed by atoms with Gasteiger partial charge in [-0.1, -0.05) is 6.07 Å². The van der Waals surface area contributed by atoms with Crippen LogP contribution in [0.25, 0.3) is 0 Å². The largest absolute Gasteiger partial charge is 0.129 e. The Morgan fingerprint density at radius 1 is 1.17 bits per heavy atom. The Morgan fingerprint density at radius 2 is 1.92 bits per heavy atom. The minimum atomic E-state index is 1.30. The Hall–Kier alpha value is -0.430. The highest BCUT2D eigenvalue weighted by atomic mass is 32.2. The first-order valence-corrected chi connectivity index (χ1v) is 5.70. The fourth-order valence-corrected chi connectivity index (χ4v) is 2.72. The van der Waals surface area contributed by atoms with Gasteiger partial charge in [-0.25, -0.2) is 0 Å². The first kappa shape index (κ1) is 8.18. The summed E-state index contributed by atoms with van der Waals surface area (Å²) in [5.74, 6) is 0. The van der Waals surface area contributed by atoms with Crippen LogP contribution in [-0.2, 0) is 12.8 Å². The zero-order valence-electron chi connectivity index (χ0n) is 7.68. The minimum Gasteiger partial charge on any atom is -0.129 e. The van der Waals surface area contributed by atoms with Gasteiger partial charge in [-0.3, -0.25) is 0 Å². The summed E-state index contributed by atoms with van der Waals surface area (Å²) < 4.78 is 0. The predicted molar refractivity (Wildman–Crippen MR) is 55.0 cm³/mol. The van der Waals surface area contributed by atoms with Crippen molar-refractivity contribution in [1.29, 1.82) is 0 Å². The molecule has 1 aliphatic rings. The molecular formula is C11H14S. The van der Waals surface area contributed by atoms with Crippen LogP contribution in [0.1, 0.15) is 23.1 Å². The first-order valence-electron chi connectivity index (χ1n) is 4.48. The van der Waals surface area contributed by atoms with Crippen LogP contribution in [0, 0.1) is 6.92 Å². The molecule has 0 radical (unpaired) electrons. The van der Waals surface area contributed by atoms with Gasteiger partial charge in [0, 0.05) is 4.90 Å². The lowest BCUT2D eigenvalue weighted by Crippen LogP contribution is -1.89. The van der Waals surface area contributed by atoms with Gasteiger partial charge in [0.15, 0.2) is 0 Å². The molecular weight excluding hydrogens is 164 g/mol. The Kier molecular flexibility index (Phi) is 2.14. The molecule has 1 aromatic rings. The Balaban J connectivity index is 2.57. The topological polar surface area (TPSA) is 0 Å². The third-order valence-corrected chi connectivity index (χ3v) is 3.52. The minimum absolute atomic E-state index is 1.30. The maximum Gasteiger partial charge on any atom is 0.0104 e.